The van der Waals surface area contributed by atoms with Crippen LogP contribution in [0.3, 0.4) is 0 Å². The van der Waals surface area contributed by atoms with E-state index in [1.807, 2.05) is 6.92 Å². The summed E-state index contributed by atoms with van der Waals surface area (Å²) in [4.78, 5) is 16.4. The summed E-state index contributed by atoms with van der Waals surface area (Å²) in [5.41, 5.74) is 0.197. The lowest BCUT2D eigenvalue weighted by Gasteiger charge is -2.28. The Balaban J connectivity index is 2.33. The van der Waals surface area contributed by atoms with Crippen molar-refractivity contribution in [1.29, 1.82) is 0 Å². The van der Waals surface area contributed by atoms with Crippen molar-refractivity contribution < 1.29 is 20.1 Å². The third kappa shape index (κ3) is 2.73. The fraction of sp³-hybridized carbons (Fsp3) is 0.462. The standard InChI is InChI=1S/C13H18N4O4/c1-8-10-3-9(4-14-11(10)17(2)16-8)12(21)15-13(5-18,6-19)7-20/h3-4,18-20H,5-7H2,1-2H3,(H,15,21). The van der Waals surface area contributed by atoms with Gasteiger partial charge in [0.25, 0.3) is 5.91 Å². The Bertz CT molecular complexity index is 655. The molecule has 8 nitrogen and oxygen atoms in total. The third-order valence-corrected chi connectivity index (χ3v) is 3.41. The zero-order valence-electron chi connectivity index (χ0n) is 11.9. The van der Waals surface area contributed by atoms with Gasteiger partial charge < -0.3 is 20.6 Å². The van der Waals surface area contributed by atoms with E-state index in [9.17, 15) is 20.1 Å². The van der Waals surface area contributed by atoms with E-state index in [0.29, 0.717) is 5.65 Å². The van der Waals surface area contributed by atoms with Gasteiger partial charge in [0, 0.05) is 18.6 Å². The summed E-state index contributed by atoms with van der Waals surface area (Å²) in [6, 6.07) is 1.64. The molecule has 0 fully saturated rings. The normalized spacial score (nSPS) is 11.9. The number of amides is 1. The number of rotatable bonds is 5. The monoisotopic (exact) mass is 294 g/mol. The molecule has 21 heavy (non-hydrogen) atoms. The van der Waals surface area contributed by atoms with Gasteiger partial charge in [-0.15, -0.1) is 0 Å². The minimum absolute atomic E-state index is 0.262. The molecule has 0 aliphatic rings. The second kappa shape index (κ2) is 5.76. The average molecular weight is 294 g/mol. The molecule has 0 aromatic carbocycles. The van der Waals surface area contributed by atoms with E-state index in [2.05, 4.69) is 15.4 Å². The van der Waals surface area contributed by atoms with Gasteiger partial charge in [-0.3, -0.25) is 9.48 Å². The van der Waals surface area contributed by atoms with Crippen molar-refractivity contribution >= 4 is 16.9 Å². The summed E-state index contributed by atoms with van der Waals surface area (Å²) in [5, 5.41) is 35.1. The molecule has 0 bridgehead atoms. The SMILES string of the molecule is Cc1nn(C)c2ncc(C(=O)NC(CO)(CO)CO)cc12. The van der Waals surface area contributed by atoms with Crippen LogP contribution in [0.25, 0.3) is 11.0 Å². The van der Waals surface area contributed by atoms with Crippen LogP contribution in [0.2, 0.25) is 0 Å². The predicted molar refractivity (Wildman–Crippen MR) is 74.7 cm³/mol. The Kier molecular flexibility index (Phi) is 4.21. The Hall–Kier alpha value is -2.03. The molecule has 2 heterocycles. The molecular weight excluding hydrogens is 276 g/mol. The number of nitrogens with one attached hydrogen (secondary N) is 1. The molecule has 0 saturated heterocycles. The van der Waals surface area contributed by atoms with E-state index < -0.39 is 31.3 Å². The Morgan fingerprint density at radius 2 is 1.95 bits per heavy atom. The van der Waals surface area contributed by atoms with Gasteiger partial charge in [-0.05, 0) is 13.0 Å². The number of fused-ring (bicyclic) bond motifs is 1. The maximum Gasteiger partial charge on any atom is 0.253 e. The molecule has 8 heteroatoms. The lowest BCUT2D eigenvalue weighted by molar-refractivity contribution is 0.0375. The summed E-state index contributed by atoms with van der Waals surface area (Å²) in [7, 11) is 1.76. The number of aromatic nitrogens is 3. The first-order valence-electron chi connectivity index (χ1n) is 6.41. The molecule has 1 amide bonds. The second-order valence-corrected chi connectivity index (χ2v) is 5.01. The summed E-state index contributed by atoms with van der Waals surface area (Å²) in [6.45, 7) is 0.0825. The Morgan fingerprint density at radius 3 is 2.52 bits per heavy atom. The minimum atomic E-state index is -1.46. The molecule has 2 aromatic rings. The molecule has 2 aromatic heterocycles. The van der Waals surface area contributed by atoms with Crippen molar-refractivity contribution in [3.63, 3.8) is 0 Å². The fourth-order valence-electron chi connectivity index (χ4n) is 2.01. The summed E-state index contributed by atoms with van der Waals surface area (Å²) in [5.74, 6) is -0.537. The molecular formula is C13H18N4O4. The first-order chi connectivity index (χ1) is 9.96. The van der Waals surface area contributed by atoms with Gasteiger partial charge in [0.15, 0.2) is 5.65 Å². The Morgan fingerprint density at radius 1 is 1.33 bits per heavy atom. The zero-order valence-corrected chi connectivity index (χ0v) is 11.9. The van der Waals surface area contributed by atoms with E-state index in [4.69, 9.17) is 0 Å². The molecule has 0 atom stereocenters. The molecule has 0 radical (unpaired) electrons. The number of aliphatic hydroxyl groups excluding tert-OH is 3. The van der Waals surface area contributed by atoms with Gasteiger partial charge in [0.2, 0.25) is 0 Å². The van der Waals surface area contributed by atoms with Gasteiger partial charge in [-0.2, -0.15) is 5.10 Å². The van der Waals surface area contributed by atoms with Gasteiger partial charge in [-0.25, -0.2) is 4.98 Å². The van der Waals surface area contributed by atoms with Crippen molar-refractivity contribution in [3.05, 3.63) is 23.5 Å². The number of aliphatic hydroxyl groups is 3. The largest absolute Gasteiger partial charge is 0.394 e. The molecule has 0 aliphatic heterocycles. The van der Waals surface area contributed by atoms with Gasteiger partial charge in [-0.1, -0.05) is 0 Å². The van der Waals surface area contributed by atoms with Crippen molar-refractivity contribution in [2.45, 2.75) is 12.5 Å². The van der Waals surface area contributed by atoms with Crippen LogP contribution >= 0.6 is 0 Å². The number of aryl methyl sites for hydroxylation is 2. The first kappa shape index (κ1) is 15.4. The van der Waals surface area contributed by atoms with Crippen LogP contribution in [0.15, 0.2) is 12.3 Å². The Labute approximate surface area is 121 Å². The number of hydrogen-bond acceptors (Lipinski definition) is 6. The quantitative estimate of drug-likeness (QED) is 0.545. The van der Waals surface area contributed by atoms with Crippen LogP contribution < -0.4 is 5.32 Å². The van der Waals surface area contributed by atoms with Gasteiger partial charge in [0.05, 0.1) is 31.1 Å². The van der Waals surface area contributed by atoms with Gasteiger partial charge in [0.1, 0.15) is 5.54 Å². The maximum absolute atomic E-state index is 12.2. The molecule has 0 spiro atoms. The topological polar surface area (TPSA) is 121 Å². The fourth-order valence-corrected chi connectivity index (χ4v) is 2.01. The minimum Gasteiger partial charge on any atom is -0.394 e. The van der Waals surface area contributed by atoms with Crippen molar-refractivity contribution in [2.75, 3.05) is 19.8 Å². The summed E-state index contributed by atoms with van der Waals surface area (Å²) >= 11 is 0. The van der Waals surface area contributed by atoms with Crippen LogP contribution in [0.5, 0.6) is 0 Å². The van der Waals surface area contributed by atoms with E-state index in [0.717, 1.165) is 11.1 Å². The summed E-state index contributed by atoms with van der Waals surface area (Å²) in [6.07, 6.45) is 1.38. The van der Waals surface area contributed by atoms with E-state index >= 15 is 0 Å². The lowest BCUT2D eigenvalue weighted by atomic mass is 10.0. The van der Waals surface area contributed by atoms with E-state index in [1.165, 1.54) is 6.20 Å². The van der Waals surface area contributed by atoms with Gasteiger partial charge >= 0.3 is 0 Å². The van der Waals surface area contributed by atoms with Crippen molar-refractivity contribution in [1.82, 2.24) is 20.1 Å². The number of carbonyl (C=O) groups excluding carboxylic acids is 1. The van der Waals surface area contributed by atoms with Crippen LogP contribution in [0, 0.1) is 6.92 Å². The molecule has 0 aliphatic carbocycles. The van der Waals surface area contributed by atoms with Crippen LogP contribution in [-0.4, -0.2) is 61.4 Å². The molecule has 2 rings (SSSR count). The highest BCUT2D eigenvalue weighted by molar-refractivity contribution is 5.97. The van der Waals surface area contributed by atoms with Crippen LogP contribution in [0.1, 0.15) is 16.1 Å². The second-order valence-electron chi connectivity index (χ2n) is 5.01. The summed E-state index contributed by atoms with van der Waals surface area (Å²) < 4.78 is 1.62. The van der Waals surface area contributed by atoms with E-state index in [-0.39, 0.29) is 5.56 Å². The highest BCUT2D eigenvalue weighted by atomic mass is 16.3. The number of pyridine rings is 1. The number of carbonyl (C=O) groups is 1. The maximum atomic E-state index is 12.2. The first-order valence-corrected chi connectivity index (χ1v) is 6.41. The molecule has 114 valence electrons. The zero-order chi connectivity index (χ0) is 15.6. The third-order valence-electron chi connectivity index (χ3n) is 3.41. The molecule has 4 N–H and O–H groups in total. The number of nitrogens with zero attached hydrogens (tertiary/aromatic N) is 3. The van der Waals surface area contributed by atoms with E-state index in [1.54, 1.807) is 17.8 Å². The molecule has 0 unspecified atom stereocenters. The smallest absolute Gasteiger partial charge is 0.253 e. The predicted octanol–water partition coefficient (Wildman–Crippen LogP) is -1.28. The van der Waals surface area contributed by atoms with Crippen molar-refractivity contribution in [3.8, 4) is 0 Å². The van der Waals surface area contributed by atoms with Crippen LogP contribution in [-0.2, 0) is 7.05 Å². The highest BCUT2D eigenvalue weighted by Crippen LogP contribution is 2.17. The van der Waals surface area contributed by atoms with Crippen molar-refractivity contribution in [2.24, 2.45) is 7.05 Å². The van der Waals surface area contributed by atoms with Crippen LogP contribution in [0.4, 0.5) is 0 Å². The number of hydrogen-bond donors (Lipinski definition) is 4. The highest BCUT2D eigenvalue weighted by Gasteiger charge is 2.30. The molecule has 0 saturated carbocycles. The lowest BCUT2D eigenvalue weighted by Crippen LogP contribution is -2.57. The average Bonchev–Trinajstić information content (AvgIpc) is 2.79.